The number of anilines is 1. The zero-order valence-corrected chi connectivity index (χ0v) is 19.1. The predicted molar refractivity (Wildman–Crippen MR) is 132 cm³/mol. The van der Waals surface area contributed by atoms with Gasteiger partial charge in [-0.25, -0.2) is 0 Å². The summed E-state index contributed by atoms with van der Waals surface area (Å²) in [6.45, 7) is 4.33. The van der Waals surface area contributed by atoms with Crippen molar-refractivity contribution in [3.8, 4) is 11.1 Å². The Hall–Kier alpha value is -3.57. The highest BCUT2D eigenvalue weighted by Gasteiger charge is 2.31. The first-order chi connectivity index (χ1) is 16.0. The Morgan fingerprint density at radius 3 is 2.33 bits per heavy atom. The third kappa shape index (κ3) is 4.00. The average Bonchev–Trinajstić information content (AvgIpc) is 3.25. The van der Waals surface area contributed by atoms with Gasteiger partial charge in [0.1, 0.15) is 5.69 Å². The first kappa shape index (κ1) is 21.3. The van der Waals surface area contributed by atoms with Crippen LogP contribution in [-0.2, 0) is 4.79 Å². The minimum absolute atomic E-state index is 0.412. The highest BCUT2D eigenvalue weighted by molar-refractivity contribution is 6.43. The van der Waals surface area contributed by atoms with Gasteiger partial charge in [0.05, 0.1) is 0 Å². The minimum atomic E-state index is -0.479. The quantitative estimate of drug-likeness (QED) is 0.316. The standard InChI is InChI=1S/C27H24ClN3O2/c1-19-10-11-21(28)17-24(19)29-13-15-30(16-14-29)27(33)26(32)25-23(20-7-3-2-4-8-20)18-22-9-5-6-12-31(22)25/h2-12,17-18H,13-16H2,1H3. The van der Waals surface area contributed by atoms with Crippen molar-refractivity contribution in [2.24, 2.45) is 0 Å². The summed E-state index contributed by atoms with van der Waals surface area (Å²) in [6, 6.07) is 23.3. The normalized spacial score (nSPS) is 14.0. The van der Waals surface area contributed by atoms with Gasteiger partial charge in [-0.2, -0.15) is 0 Å². The molecular formula is C27H24ClN3O2. The van der Waals surface area contributed by atoms with E-state index in [1.54, 1.807) is 4.90 Å². The number of hydrogen-bond donors (Lipinski definition) is 0. The van der Waals surface area contributed by atoms with Crippen LogP contribution in [0.15, 0.2) is 79.0 Å². The molecule has 0 radical (unpaired) electrons. The lowest BCUT2D eigenvalue weighted by atomic mass is 10.0. The van der Waals surface area contributed by atoms with Crippen LogP contribution in [0.2, 0.25) is 5.02 Å². The molecule has 1 amide bonds. The summed E-state index contributed by atoms with van der Waals surface area (Å²) in [5, 5.41) is 0.692. The number of piperazine rings is 1. The first-order valence-corrected chi connectivity index (χ1v) is 11.4. The fourth-order valence-corrected chi connectivity index (χ4v) is 4.68. The van der Waals surface area contributed by atoms with E-state index in [2.05, 4.69) is 11.8 Å². The summed E-state index contributed by atoms with van der Waals surface area (Å²) >= 11 is 6.19. The van der Waals surface area contributed by atoms with Gasteiger partial charge >= 0.3 is 0 Å². The van der Waals surface area contributed by atoms with E-state index < -0.39 is 11.7 Å². The number of fused-ring (bicyclic) bond motifs is 1. The Bertz CT molecular complexity index is 1340. The van der Waals surface area contributed by atoms with Gasteiger partial charge < -0.3 is 14.2 Å². The number of carbonyl (C=O) groups excluding carboxylic acids is 2. The number of aromatic nitrogens is 1. The van der Waals surface area contributed by atoms with Crippen molar-refractivity contribution < 1.29 is 9.59 Å². The van der Waals surface area contributed by atoms with E-state index in [9.17, 15) is 9.59 Å². The lowest BCUT2D eigenvalue weighted by Gasteiger charge is -2.36. The smallest absolute Gasteiger partial charge is 0.296 e. The number of carbonyl (C=O) groups is 2. The van der Waals surface area contributed by atoms with Crippen LogP contribution in [0.5, 0.6) is 0 Å². The molecule has 0 aliphatic carbocycles. The van der Waals surface area contributed by atoms with Crippen LogP contribution in [0.1, 0.15) is 16.1 Å². The summed E-state index contributed by atoms with van der Waals surface area (Å²) in [7, 11) is 0. The molecule has 1 saturated heterocycles. The van der Waals surface area contributed by atoms with Crippen molar-refractivity contribution >= 4 is 34.5 Å². The van der Waals surface area contributed by atoms with Gasteiger partial charge in [-0.1, -0.05) is 54.1 Å². The zero-order chi connectivity index (χ0) is 22.9. The molecule has 1 fully saturated rings. The molecule has 0 bridgehead atoms. The maximum atomic E-state index is 13.5. The van der Waals surface area contributed by atoms with Crippen molar-refractivity contribution in [3.63, 3.8) is 0 Å². The minimum Gasteiger partial charge on any atom is -0.368 e. The summed E-state index contributed by atoms with van der Waals surface area (Å²) in [6.07, 6.45) is 1.84. The van der Waals surface area contributed by atoms with Crippen molar-refractivity contribution in [2.45, 2.75) is 6.92 Å². The van der Waals surface area contributed by atoms with Crippen LogP contribution in [0.4, 0.5) is 5.69 Å². The first-order valence-electron chi connectivity index (χ1n) is 11.0. The molecule has 5 nitrogen and oxygen atoms in total. The topological polar surface area (TPSA) is 45.0 Å². The predicted octanol–water partition coefficient (Wildman–Crippen LogP) is 5.10. The second-order valence-electron chi connectivity index (χ2n) is 8.31. The number of pyridine rings is 1. The van der Waals surface area contributed by atoms with E-state index in [1.165, 1.54) is 0 Å². The van der Waals surface area contributed by atoms with Crippen LogP contribution >= 0.6 is 11.6 Å². The molecule has 0 saturated carbocycles. The van der Waals surface area contributed by atoms with Crippen LogP contribution in [0.25, 0.3) is 16.6 Å². The van der Waals surface area contributed by atoms with Crippen LogP contribution in [0, 0.1) is 6.92 Å². The molecule has 1 aliphatic rings. The Kier molecular flexibility index (Phi) is 5.65. The van der Waals surface area contributed by atoms with Crippen molar-refractivity contribution in [2.75, 3.05) is 31.1 Å². The number of benzene rings is 2. The molecule has 33 heavy (non-hydrogen) atoms. The molecule has 0 atom stereocenters. The van der Waals surface area contributed by atoms with Gasteiger partial charge in [-0.15, -0.1) is 0 Å². The lowest BCUT2D eigenvalue weighted by molar-refractivity contribution is -0.126. The summed E-state index contributed by atoms with van der Waals surface area (Å²) in [5.74, 6) is -0.939. The molecule has 2 aromatic heterocycles. The SMILES string of the molecule is Cc1ccc(Cl)cc1N1CCN(C(=O)C(=O)c2c(-c3ccccc3)cc3ccccn23)CC1. The Morgan fingerprint density at radius 2 is 1.58 bits per heavy atom. The summed E-state index contributed by atoms with van der Waals surface area (Å²) in [5.41, 5.74) is 5.20. The van der Waals surface area contributed by atoms with E-state index >= 15 is 0 Å². The molecular weight excluding hydrogens is 434 g/mol. The van der Waals surface area contributed by atoms with E-state index in [4.69, 9.17) is 11.6 Å². The maximum Gasteiger partial charge on any atom is 0.296 e. The van der Waals surface area contributed by atoms with Gasteiger partial charge in [0.2, 0.25) is 0 Å². The molecule has 166 valence electrons. The fraction of sp³-hybridized carbons (Fsp3) is 0.185. The average molecular weight is 458 g/mol. The monoisotopic (exact) mass is 457 g/mol. The molecule has 5 rings (SSSR count). The molecule has 2 aromatic carbocycles. The molecule has 4 aromatic rings. The number of amides is 1. The molecule has 3 heterocycles. The van der Waals surface area contributed by atoms with Crippen molar-refractivity contribution in [1.29, 1.82) is 0 Å². The van der Waals surface area contributed by atoms with E-state index in [1.807, 2.05) is 83.4 Å². The molecule has 0 N–H and O–H groups in total. The second-order valence-corrected chi connectivity index (χ2v) is 8.74. The maximum absolute atomic E-state index is 13.5. The van der Waals surface area contributed by atoms with Crippen LogP contribution in [-0.4, -0.2) is 47.2 Å². The van der Waals surface area contributed by atoms with E-state index in [-0.39, 0.29) is 0 Å². The van der Waals surface area contributed by atoms with E-state index in [0.29, 0.717) is 36.9 Å². The fourth-order valence-electron chi connectivity index (χ4n) is 4.51. The van der Waals surface area contributed by atoms with E-state index in [0.717, 1.165) is 27.9 Å². The summed E-state index contributed by atoms with van der Waals surface area (Å²) < 4.78 is 1.81. The van der Waals surface area contributed by atoms with Gasteiger partial charge in [0, 0.05) is 54.2 Å². The molecule has 6 heteroatoms. The van der Waals surface area contributed by atoms with Gasteiger partial charge in [0.15, 0.2) is 0 Å². The number of ketones is 1. The largest absolute Gasteiger partial charge is 0.368 e. The molecule has 0 unspecified atom stereocenters. The second kappa shape index (κ2) is 8.75. The number of Topliss-reactive ketones (excluding diaryl/α,β-unsaturated/α-hetero) is 1. The zero-order valence-electron chi connectivity index (χ0n) is 18.4. The van der Waals surface area contributed by atoms with Crippen LogP contribution in [0.3, 0.4) is 0 Å². The number of hydrogen-bond acceptors (Lipinski definition) is 3. The van der Waals surface area contributed by atoms with Gasteiger partial charge in [-0.05, 0) is 48.4 Å². The molecule has 0 spiro atoms. The van der Waals surface area contributed by atoms with Crippen LogP contribution < -0.4 is 4.90 Å². The highest BCUT2D eigenvalue weighted by Crippen LogP contribution is 2.29. The highest BCUT2D eigenvalue weighted by atomic mass is 35.5. The Morgan fingerprint density at radius 1 is 0.848 bits per heavy atom. The lowest BCUT2D eigenvalue weighted by Crippen LogP contribution is -2.51. The van der Waals surface area contributed by atoms with Crippen molar-refractivity contribution in [3.05, 3.63) is 95.3 Å². The number of halogens is 1. The number of rotatable bonds is 4. The van der Waals surface area contributed by atoms with Crippen molar-refractivity contribution in [1.82, 2.24) is 9.30 Å². The number of nitrogens with zero attached hydrogens (tertiary/aromatic N) is 3. The summed E-state index contributed by atoms with van der Waals surface area (Å²) in [4.78, 5) is 30.7. The number of aryl methyl sites for hydroxylation is 1. The molecule has 1 aliphatic heterocycles. The van der Waals surface area contributed by atoms with Gasteiger partial charge in [0.25, 0.3) is 11.7 Å². The Balaban J connectivity index is 1.41. The third-order valence-corrected chi connectivity index (χ3v) is 6.49. The third-order valence-electron chi connectivity index (χ3n) is 6.25. The Labute approximate surface area is 197 Å². The van der Waals surface area contributed by atoms with Gasteiger partial charge in [-0.3, -0.25) is 9.59 Å².